The second-order valence-electron chi connectivity index (χ2n) is 8.68. The van der Waals surface area contributed by atoms with Gasteiger partial charge in [-0.1, -0.05) is 13.8 Å². The van der Waals surface area contributed by atoms with Crippen molar-refractivity contribution in [3.8, 4) is 5.75 Å². The maximum Gasteiger partial charge on any atom is 0.231 e. The fourth-order valence-corrected chi connectivity index (χ4v) is 3.91. The van der Waals surface area contributed by atoms with Crippen molar-refractivity contribution in [2.45, 2.75) is 32.8 Å². The molecule has 3 heterocycles. The summed E-state index contributed by atoms with van der Waals surface area (Å²) in [5, 5.41) is 10.6. The Hall–Kier alpha value is -3.16. The average Bonchev–Trinajstić information content (AvgIpc) is 3.17. The van der Waals surface area contributed by atoms with E-state index in [-0.39, 0.29) is 23.8 Å². The molecule has 2 fully saturated rings. The van der Waals surface area contributed by atoms with Gasteiger partial charge in [0.05, 0.1) is 30.5 Å². The Kier molecular flexibility index (Phi) is 6.34. The molecule has 1 aromatic carbocycles. The molecule has 1 atom stereocenters. The first-order valence-corrected chi connectivity index (χ1v) is 10.8. The molecule has 1 aromatic heterocycles. The number of rotatable bonds is 7. The lowest BCUT2D eigenvalue weighted by Crippen LogP contribution is -2.52. The van der Waals surface area contributed by atoms with Crippen LogP contribution in [0.1, 0.15) is 26.7 Å². The smallest absolute Gasteiger partial charge is 0.231 e. The van der Waals surface area contributed by atoms with Crippen LogP contribution in [-0.2, 0) is 9.59 Å². The number of carbonyl (C=O) groups is 2. The van der Waals surface area contributed by atoms with Crippen LogP contribution < -0.4 is 15.0 Å². The molecular weight excluding hydrogens is 394 g/mol. The van der Waals surface area contributed by atoms with E-state index in [2.05, 4.69) is 34.3 Å². The minimum Gasteiger partial charge on any atom is -0.489 e. The van der Waals surface area contributed by atoms with E-state index in [1.165, 1.54) is 0 Å². The van der Waals surface area contributed by atoms with E-state index in [1.807, 2.05) is 35.2 Å². The second kappa shape index (κ2) is 9.32. The van der Waals surface area contributed by atoms with Gasteiger partial charge in [-0.15, -0.1) is 0 Å². The largest absolute Gasteiger partial charge is 0.489 e. The van der Waals surface area contributed by atoms with E-state index in [0.717, 1.165) is 30.1 Å². The van der Waals surface area contributed by atoms with Crippen LogP contribution in [0.5, 0.6) is 5.75 Å². The Morgan fingerprint density at radius 3 is 2.58 bits per heavy atom. The predicted octanol–water partition coefficient (Wildman–Crippen LogP) is 2.58. The number of anilines is 2. The van der Waals surface area contributed by atoms with Gasteiger partial charge < -0.3 is 19.9 Å². The van der Waals surface area contributed by atoms with Crippen LogP contribution in [-0.4, -0.2) is 59.2 Å². The second-order valence-corrected chi connectivity index (χ2v) is 8.68. The normalized spacial score (nSPS) is 18.7. The van der Waals surface area contributed by atoms with Crippen LogP contribution in [0.3, 0.4) is 0 Å². The van der Waals surface area contributed by atoms with Crippen molar-refractivity contribution >= 4 is 23.2 Å². The topological polar surface area (TPSA) is 87.7 Å². The molecule has 2 amide bonds. The summed E-state index contributed by atoms with van der Waals surface area (Å²) in [5.74, 6) is 1.29. The Bertz CT molecular complexity index is 897. The van der Waals surface area contributed by atoms with E-state index in [1.54, 1.807) is 12.4 Å². The summed E-state index contributed by atoms with van der Waals surface area (Å²) in [7, 11) is 0. The number of benzene rings is 1. The standard InChI is InChI=1S/C23H29N5O3/c1-16(2)11-22(29)27-10-8-21(15-27)31-20-5-3-18(4-6-20)26-23(30)17-13-28(14-17)19-7-9-24-25-12-19/h3-7,9,12,16-17,21H,8,10-11,13-15H2,1-2H3,(H,26,30)/t21-/m1/s1. The van der Waals surface area contributed by atoms with Crippen molar-refractivity contribution in [2.75, 3.05) is 36.4 Å². The van der Waals surface area contributed by atoms with E-state index in [9.17, 15) is 9.59 Å². The van der Waals surface area contributed by atoms with Crippen molar-refractivity contribution in [3.05, 3.63) is 42.7 Å². The lowest BCUT2D eigenvalue weighted by Gasteiger charge is -2.39. The third-order valence-electron chi connectivity index (χ3n) is 5.69. The van der Waals surface area contributed by atoms with Crippen LogP contribution >= 0.6 is 0 Å². The molecule has 164 valence electrons. The van der Waals surface area contributed by atoms with Crippen LogP contribution in [0, 0.1) is 11.8 Å². The van der Waals surface area contributed by atoms with E-state index >= 15 is 0 Å². The van der Waals surface area contributed by atoms with Crippen LogP contribution in [0.4, 0.5) is 11.4 Å². The zero-order valence-corrected chi connectivity index (χ0v) is 18.0. The average molecular weight is 424 g/mol. The van der Waals surface area contributed by atoms with Gasteiger partial charge in [-0.3, -0.25) is 9.59 Å². The number of amides is 2. The highest BCUT2D eigenvalue weighted by molar-refractivity contribution is 5.94. The van der Waals surface area contributed by atoms with Crippen molar-refractivity contribution < 1.29 is 14.3 Å². The molecule has 31 heavy (non-hydrogen) atoms. The molecule has 2 aliphatic heterocycles. The number of carbonyl (C=O) groups excluding carboxylic acids is 2. The zero-order chi connectivity index (χ0) is 21.8. The summed E-state index contributed by atoms with van der Waals surface area (Å²) < 4.78 is 6.04. The highest BCUT2D eigenvalue weighted by atomic mass is 16.5. The summed E-state index contributed by atoms with van der Waals surface area (Å²) in [4.78, 5) is 28.7. The van der Waals surface area contributed by atoms with Crippen LogP contribution in [0.25, 0.3) is 0 Å². The number of aromatic nitrogens is 2. The molecule has 0 saturated carbocycles. The molecule has 0 spiro atoms. The highest BCUT2D eigenvalue weighted by Gasteiger charge is 2.33. The van der Waals surface area contributed by atoms with Gasteiger partial charge in [-0.2, -0.15) is 10.2 Å². The lowest BCUT2D eigenvalue weighted by molar-refractivity contribution is -0.131. The van der Waals surface area contributed by atoms with E-state index in [4.69, 9.17) is 4.74 Å². The maximum absolute atomic E-state index is 12.5. The molecule has 2 aliphatic rings. The van der Waals surface area contributed by atoms with Crippen molar-refractivity contribution in [3.63, 3.8) is 0 Å². The van der Waals surface area contributed by atoms with E-state index in [0.29, 0.717) is 32.0 Å². The number of hydrogen-bond donors (Lipinski definition) is 1. The summed E-state index contributed by atoms with van der Waals surface area (Å²) in [5.41, 5.74) is 1.73. The minimum atomic E-state index is -0.0445. The predicted molar refractivity (Wildman–Crippen MR) is 118 cm³/mol. The molecule has 2 saturated heterocycles. The highest BCUT2D eigenvalue weighted by Crippen LogP contribution is 2.25. The maximum atomic E-state index is 12.5. The van der Waals surface area contributed by atoms with Crippen molar-refractivity contribution in [1.82, 2.24) is 15.1 Å². The van der Waals surface area contributed by atoms with Gasteiger partial charge in [0.15, 0.2) is 0 Å². The van der Waals surface area contributed by atoms with Gasteiger partial charge in [-0.25, -0.2) is 0 Å². The number of likely N-dealkylation sites (tertiary alicyclic amines) is 1. The summed E-state index contributed by atoms with van der Waals surface area (Å²) in [6.07, 6.45) is 4.79. The molecule has 0 aliphatic carbocycles. The lowest BCUT2D eigenvalue weighted by atomic mass is 9.98. The Balaban J connectivity index is 1.22. The molecule has 8 heteroatoms. The Morgan fingerprint density at radius 1 is 1.13 bits per heavy atom. The molecule has 0 bridgehead atoms. The number of nitrogens with zero attached hydrogens (tertiary/aromatic N) is 4. The first-order chi connectivity index (χ1) is 15.0. The van der Waals surface area contributed by atoms with Crippen LogP contribution in [0.15, 0.2) is 42.7 Å². The first kappa shape index (κ1) is 21.1. The molecule has 4 rings (SSSR count). The molecule has 0 radical (unpaired) electrons. The fourth-order valence-electron chi connectivity index (χ4n) is 3.91. The summed E-state index contributed by atoms with van der Waals surface area (Å²) in [6.45, 7) is 6.84. The number of ether oxygens (including phenoxy) is 1. The number of hydrogen-bond acceptors (Lipinski definition) is 6. The SMILES string of the molecule is CC(C)CC(=O)N1CC[C@@H](Oc2ccc(NC(=O)C3CN(c4ccnnc4)C3)cc2)C1. The van der Waals surface area contributed by atoms with Crippen molar-refractivity contribution in [2.24, 2.45) is 11.8 Å². The third-order valence-corrected chi connectivity index (χ3v) is 5.69. The van der Waals surface area contributed by atoms with Gasteiger partial charge in [0.25, 0.3) is 0 Å². The Morgan fingerprint density at radius 2 is 1.90 bits per heavy atom. The Labute approximate surface area is 182 Å². The summed E-state index contributed by atoms with van der Waals surface area (Å²) >= 11 is 0. The van der Waals surface area contributed by atoms with Gasteiger partial charge in [0, 0.05) is 38.2 Å². The molecular formula is C23H29N5O3. The molecule has 1 N–H and O–H groups in total. The number of nitrogens with one attached hydrogen (secondary N) is 1. The molecule has 2 aromatic rings. The monoisotopic (exact) mass is 423 g/mol. The molecule has 8 nitrogen and oxygen atoms in total. The quantitative estimate of drug-likeness (QED) is 0.737. The van der Waals surface area contributed by atoms with Gasteiger partial charge >= 0.3 is 0 Å². The van der Waals surface area contributed by atoms with Gasteiger partial charge in [0.2, 0.25) is 11.8 Å². The molecule has 0 unspecified atom stereocenters. The van der Waals surface area contributed by atoms with Gasteiger partial charge in [0.1, 0.15) is 11.9 Å². The van der Waals surface area contributed by atoms with Crippen molar-refractivity contribution in [1.29, 1.82) is 0 Å². The summed E-state index contributed by atoms with van der Waals surface area (Å²) in [6, 6.07) is 9.33. The zero-order valence-electron chi connectivity index (χ0n) is 18.0. The van der Waals surface area contributed by atoms with Crippen LogP contribution in [0.2, 0.25) is 0 Å². The fraction of sp³-hybridized carbons (Fsp3) is 0.478. The van der Waals surface area contributed by atoms with E-state index < -0.39 is 0 Å². The third kappa shape index (κ3) is 5.31. The first-order valence-electron chi connectivity index (χ1n) is 10.8. The minimum absolute atomic E-state index is 0.0141. The van der Waals surface area contributed by atoms with Gasteiger partial charge in [-0.05, 0) is 36.2 Å².